The van der Waals surface area contributed by atoms with Crippen LogP contribution in [-0.2, 0) is 5.88 Å². The highest BCUT2D eigenvalue weighted by atomic mass is 35.5. The summed E-state index contributed by atoms with van der Waals surface area (Å²) in [5.74, 6) is -0.368. The second-order valence-electron chi connectivity index (χ2n) is 5.34. The zero-order valence-electron chi connectivity index (χ0n) is 10.1. The van der Waals surface area contributed by atoms with E-state index < -0.39 is 5.92 Å². The van der Waals surface area contributed by atoms with Crippen molar-refractivity contribution in [1.82, 2.24) is 14.8 Å². The van der Waals surface area contributed by atoms with E-state index in [4.69, 9.17) is 11.6 Å². The molecule has 0 amide bonds. The molecule has 6 heteroatoms. The normalized spacial score (nSPS) is 24.4. The molecule has 18 heavy (non-hydrogen) atoms. The highest BCUT2D eigenvalue weighted by Crippen LogP contribution is 2.44. The number of hydrogen-bond acceptors (Lipinski definition) is 2. The Morgan fingerprint density at radius 1 is 1.17 bits per heavy atom. The van der Waals surface area contributed by atoms with Gasteiger partial charge in [-0.1, -0.05) is 0 Å². The molecule has 0 bridgehead atoms. The second kappa shape index (κ2) is 4.44. The van der Waals surface area contributed by atoms with Crippen molar-refractivity contribution in [2.45, 2.75) is 62.3 Å². The number of rotatable bonds is 3. The summed E-state index contributed by atoms with van der Waals surface area (Å²) in [6, 6.07) is 0.450. The molecule has 3 rings (SSSR count). The first kappa shape index (κ1) is 12.3. The zero-order chi connectivity index (χ0) is 12.8. The molecular formula is C12H16ClF2N3. The fraction of sp³-hybridized carbons (Fsp3) is 0.833. The monoisotopic (exact) mass is 275 g/mol. The van der Waals surface area contributed by atoms with Crippen LogP contribution in [0.3, 0.4) is 0 Å². The molecular weight excluding hydrogens is 260 g/mol. The molecule has 2 aliphatic rings. The van der Waals surface area contributed by atoms with Gasteiger partial charge in [0.25, 0.3) is 0 Å². The smallest absolute Gasteiger partial charge is 0.248 e. The molecule has 0 aliphatic heterocycles. The topological polar surface area (TPSA) is 30.7 Å². The van der Waals surface area contributed by atoms with Gasteiger partial charge < -0.3 is 4.57 Å². The summed E-state index contributed by atoms with van der Waals surface area (Å²) in [6.45, 7) is 0. The predicted octanol–water partition coefficient (Wildman–Crippen LogP) is 3.64. The van der Waals surface area contributed by atoms with Gasteiger partial charge in [0, 0.05) is 24.8 Å². The number of halogens is 3. The van der Waals surface area contributed by atoms with Crippen LogP contribution in [0.25, 0.3) is 0 Å². The largest absolute Gasteiger partial charge is 0.311 e. The molecule has 1 aromatic heterocycles. The molecule has 0 spiro atoms. The van der Waals surface area contributed by atoms with Gasteiger partial charge in [0.1, 0.15) is 11.6 Å². The fourth-order valence-electron chi connectivity index (χ4n) is 2.74. The first-order valence-corrected chi connectivity index (χ1v) is 7.01. The number of nitrogens with zero attached hydrogens (tertiary/aromatic N) is 3. The van der Waals surface area contributed by atoms with Crippen LogP contribution in [0.15, 0.2) is 0 Å². The number of hydrogen-bond donors (Lipinski definition) is 0. The van der Waals surface area contributed by atoms with E-state index in [1.807, 2.05) is 0 Å². The van der Waals surface area contributed by atoms with E-state index in [0.29, 0.717) is 24.8 Å². The van der Waals surface area contributed by atoms with Gasteiger partial charge in [0.15, 0.2) is 0 Å². The van der Waals surface area contributed by atoms with Crippen molar-refractivity contribution in [2.75, 3.05) is 0 Å². The molecule has 2 aliphatic carbocycles. The number of aromatic nitrogens is 3. The maximum Gasteiger partial charge on any atom is 0.248 e. The first-order chi connectivity index (χ1) is 8.61. The Bertz CT molecular complexity index is 433. The van der Waals surface area contributed by atoms with Gasteiger partial charge in [-0.15, -0.1) is 21.8 Å². The second-order valence-corrected chi connectivity index (χ2v) is 5.61. The maximum atomic E-state index is 13.2. The van der Waals surface area contributed by atoms with E-state index in [1.165, 1.54) is 0 Å². The Labute approximate surface area is 110 Å². The Morgan fingerprint density at radius 3 is 2.39 bits per heavy atom. The summed E-state index contributed by atoms with van der Waals surface area (Å²) in [5, 5.41) is 8.30. The molecule has 1 heterocycles. The molecule has 3 nitrogen and oxygen atoms in total. The first-order valence-electron chi connectivity index (χ1n) is 6.48. The van der Waals surface area contributed by atoms with E-state index in [2.05, 4.69) is 14.8 Å². The lowest BCUT2D eigenvalue weighted by atomic mass is 9.86. The molecule has 0 aromatic carbocycles. The van der Waals surface area contributed by atoms with Crippen molar-refractivity contribution in [2.24, 2.45) is 0 Å². The van der Waals surface area contributed by atoms with Gasteiger partial charge in [-0.3, -0.25) is 0 Å². The van der Waals surface area contributed by atoms with E-state index in [0.717, 1.165) is 24.5 Å². The van der Waals surface area contributed by atoms with Crippen molar-refractivity contribution >= 4 is 11.6 Å². The van der Waals surface area contributed by atoms with Crippen molar-refractivity contribution < 1.29 is 8.78 Å². The SMILES string of the molecule is FC1(F)CCC(c2nnc(CCl)n2C2CC2)CC1. The standard InChI is InChI=1S/C12H16ClF2N3/c13-7-10-16-17-11(18(10)9-1-2-9)8-3-5-12(14,15)6-4-8/h8-9H,1-7H2. The predicted molar refractivity (Wildman–Crippen MR) is 64.0 cm³/mol. The van der Waals surface area contributed by atoms with Crippen molar-refractivity contribution in [3.8, 4) is 0 Å². The summed E-state index contributed by atoms with van der Waals surface area (Å²) in [7, 11) is 0. The van der Waals surface area contributed by atoms with Gasteiger partial charge in [-0.25, -0.2) is 8.78 Å². The van der Waals surface area contributed by atoms with Crippen LogP contribution in [0.5, 0.6) is 0 Å². The molecule has 100 valence electrons. The van der Waals surface area contributed by atoms with Crippen LogP contribution in [0.2, 0.25) is 0 Å². The van der Waals surface area contributed by atoms with Crippen molar-refractivity contribution in [3.05, 3.63) is 11.6 Å². The molecule has 0 unspecified atom stereocenters. The van der Waals surface area contributed by atoms with E-state index in [-0.39, 0.29) is 18.8 Å². The van der Waals surface area contributed by atoms with Crippen LogP contribution in [0, 0.1) is 0 Å². The summed E-state index contributed by atoms with van der Waals surface area (Å²) in [5.41, 5.74) is 0. The highest BCUT2D eigenvalue weighted by molar-refractivity contribution is 6.16. The molecule has 1 aromatic rings. The van der Waals surface area contributed by atoms with Crippen LogP contribution in [-0.4, -0.2) is 20.7 Å². The maximum absolute atomic E-state index is 13.2. The minimum Gasteiger partial charge on any atom is -0.311 e. The van der Waals surface area contributed by atoms with Gasteiger partial charge in [0.2, 0.25) is 5.92 Å². The molecule has 2 fully saturated rings. The Kier molecular flexibility index (Phi) is 3.04. The summed E-state index contributed by atoms with van der Waals surface area (Å²) in [6.07, 6.45) is 3.17. The number of alkyl halides is 3. The zero-order valence-corrected chi connectivity index (χ0v) is 10.8. The van der Waals surface area contributed by atoms with Crippen LogP contribution < -0.4 is 0 Å². The lowest BCUT2D eigenvalue weighted by Crippen LogP contribution is -2.25. The van der Waals surface area contributed by atoms with E-state index >= 15 is 0 Å². The highest BCUT2D eigenvalue weighted by Gasteiger charge is 2.39. The lowest BCUT2D eigenvalue weighted by molar-refractivity contribution is -0.0390. The van der Waals surface area contributed by atoms with Gasteiger partial charge in [-0.2, -0.15) is 0 Å². The fourth-order valence-corrected chi connectivity index (χ4v) is 2.92. The molecule has 0 radical (unpaired) electrons. The molecule has 2 saturated carbocycles. The van der Waals surface area contributed by atoms with Crippen LogP contribution in [0.4, 0.5) is 8.78 Å². The average Bonchev–Trinajstić information content (AvgIpc) is 3.09. The third kappa shape index (κ3) is 2.25. The Hall–Kier alpha value is -0.710. The minimum absolute atomic E-state index is 0.0363. The van der Waals surface area contributed by atoms with Gasteiger partial charge >= 0.3 is 0 Å². The van der Waals surface area contributed by atoms with Gasteiger partial charge in [-0.05, 0) is 25.7 Å². The summed E-state index contributed by atoms with van der Waals surface area (Å²) < 4.78 is 28.4. The molecule has 0 atom stereocenters. The van der Waals surface area contributed by atoms with Crippen LogP contribution in [0.1, 0.15) is 62.1 Å². The van der Waals surface area contributed by atoms with E-state index in [9.17, 15) is 8.78 Å². The summed E-state index contributed by atoms with van der Waals surface area (Å²) >= 11 is 5.86. The van der Waals surface area contributed by atoms with E-state index in [1.54, 1.807) is 0 Å². The Balaban J connectivity index is 1.82. The van der Waals surface area contributed by atoms with Crippen molar-refractivity contribution in [3.63, 3.8) is 0 Å². The van der Waals surface area contributed by atoms with Crippen LogP contribution >= 0.6 is 11.6 Å². The molecule has 0 saturated heterocycles. The van der Waals surface area contributed by atoms with Crippen molar-refractivity contribution in [1.29, 1.82) is 0 Å². The van der Waals surface area contributed by atoms with Gasteiger partial charge in [0.05, 0.1) is 5.88 Å². The third-order valence-corrected chi connectivity index (χ3v) is 4.15. The summed E-state index contributed by atoms with van der Waals surface area (Å²) in [4.78, 5) is 0. The quantitative estimate of drug-likeness (QED) is 0.789. The Morgan fingerprint density at radius 2 is 1.83 bits per heavy atom. The minimum atomic E-state index is -2.49. The molecule has 0 N–H and O–H groups in total. The third-order valence-electron chi connectivity index (χ3n) is 3.91. The average molecular weight is 276 g/mol. The lowest BCUT2D eigenvalue weighted by Gasteiger charge is -2.28.